The summed E-state index contributed by atoms with van der Waals surface area (Å²) >= 11 is 1.34. The number of hydrogen-bond acceptors (Lipinski definition) is 5. The molecule has 0 fully saturated rings. The molecule has 0 saturated heterocycles. The number of nitrogens with zero attached hydrogens (tertiary/aromatic N) is 1. The number of rotatable bonds is 4. The summed E-state index contributed by atoms with van der Waals surface area (Å²) in [6.07, 6.45) is 0.561. The van der Waals surface area contributed by atoms with Crippen LogP contribution in [0.15, 0.2) is 42.5 Å². The molecule has 4 rings (SSSR count). The Labute approximate surface area is 178 Å². The minimum atomic E-state index is -0.444. The molecule has 0 radical (unpaired) electrons. The fraction of sp³-hybridized carbons (Fsp3) is 0.261. The predicted octanol–water partition coefficient (Wildman–Crippen LogP) is 4.23. The van der Waals surface area contributed by atoms with Crippen LogP contribution in [0.5, 0.6) is 0 Å². The van der Waals surface area contributed by atoms with Gasteiger partial charge in [-0.15, -0.1) is 11.3 Å². The van der Waals surface area contributed by atoms with Gasteiger partial charge in [-0.2, -0.15) is 0 Å². The van der Waals surface area contributed by atoms with Gasteiger partial charge in [0, 0.05) is 23.9 Å². The molecule has 154 valence electrons. The minimum absolute atomic E-state index is 0.00603. The molecule has 0 aliphatic carbocycles. The van der Waals surface area contributed by atoms with E-state index in [2.05, 4.69) is 5.32 Å². The van der Waals surface area contributed by atoms with Gasteiger partial charge in [0.25, 0.3) is 5.91 Å². The molecule has 1 aliphatic rings. The Morgan fingerprint density at radius 2 is 1.90 bits per heavy atom. The van der Waals surface area contributed by atoms with E-state index in [1.54, 1.807) is 17.9 Å². The van der Waals surface area contributed by atoms with Crippen LogP contribution < -0.4 is 5.32 Å². The molecule has 0 bridgehead atoms. The number of carbonyl (C=O) groups is 3. The van der Waals surface area contributed by atoms with Crippen LogP contribution >= 0.6 is 11.3 Å². The lowest BCUT2D eigenvalue weighted by Gasteiger charge is -2.25. The first-order chi connectivity index (χ1) is 14.5. The molecule has 2 heterocycles. The summed E-state index contributed by atoms with van der Waals surface area (Å²) < 4.78 is 5.25. The molecule has 7 heteroatoms. The van der Waals surface area contributed by atoms with Crippen molar-refractivity contribution in [3.63, 3.8) is 0 Å². The summed E-state index contributed by atoms with van der Waals surface area (Å²) in [5, 5.41) is 5.41. The summed E-state index contributed by atoms with van der Waals surface area (Å²) in [5.41, 5.74) is 1.79. The van der Waals surface area contributed by atoms with Crippen LogP contribution in [0.3, 0.4) is 0 Å². The highest BCUT2D eigenvalue weighted by atomic mass is 32.1. The van der Waals surface area contributed by atoms with Gasteiger partial charge in [-0.3, -0.25) is 9.59 Å². The fourth-order valence-corrected chi connectivity index (χ4v) is 4.93. The van der Waals surface area contributed by atoms with Crippen LogP contribution in [0.2, 0.25) is 0 Å². The maximum atomic E-state index is 13.0. The Morgan fingerprint density at radius 1 is 1.13 bits per heavy atom. The van der Waals surface area contributed by atoms with Gasteiger partial charge in [0.15, 0.2) is 0 Å². The first-order valence-corrected chi connectivity index (χ1v) is 10.7. The molecular weight excluding hydrogens is 400 g/mol. The number of fused-ring (bicyclic) bond motifs is 2. The Kier molecular flexibility index (Phi) is 5.55. The standard InChI is InChI=1S/C23H22N2O4S/c1-3-29-23(28)20-18-10-11-25(14(2)26)13-19(18)30-22(20)24-21(27)17-9-8-15-6-4-5-7-16(15)12-17/h4-9,12H,3,10-11,13H2,1-2H3,(H,24,27). The third kappa shape index (κ3) is 3.80. The number of anilines is 1. The van der Waals surface area contributed by atoms with Crippen molar-refractivity contribution in [3.8, 4) is 0 Å². The van der Waals surface area contributed by atoms with Crippen molar-refractivity contribution < 1.29 is 19.1 Å². The zero-order chi connectivity index (χ0) is 21.3. The van der Waals surface area contributed by atoms with Crippen molar-refractivity contribution in [3.05, 3.63) is 64.0 Å². The predicted molar refractivity (Wildman–Crippen MR) is 117 cm³/mol. The van der Waals surface area contributed by atoms with Crippen LogP contribution in [-0.4, -0.2) is 35.8 Å². The van der Waals surface area contributed by atoms with Crippen molar-refractivity contribution >= 4 is 44.9 Å². The van der Waals surface area contributed by atoms with E-state index in [-0.39, 0.29) is 18.4 Å². The van der Waals surface area contributed by atoms with Crippen LogP contribution in [0, 0.1) is 0 Å². The Balaban J connectivity index is 1.67. The highest BCUT2D eigenvalue weighted by Crippen LogP contribution is 2.38. The van der Waals surface area contributed by atoms with Crippen molar-refractivity contribution in [2.24, 2.45) is 0 Å². The van der Waals surface area contributed by atoms with Crippen molar-refractivity contribution in [2.75, 3.05) is 18.5 Å². The Hall–Kier alpha value is -3.19. The summed E-state index contributed by atoms with van der Waals surface area (Å²) in [5.74, 6) is -0.734. The van der Waals surface area contributed by atoms with Gasteiger partial charge in [0.05, 0.1) is 18.7 Å². The van der Waals surface area contributed by atoms with Gasteiger partial charge in [-0.25, -0.2) is 4.79 Å². The highest BCUT2D eigenvalue weighted by Gasteiger charge is 2.30. The summed E-state index contributed by atoms with van der Waals surface area (Å²) in [6, 6.07) is 13.3. The van der Waals surface area contributed by atoms with E-state index >= 15 is 0 Å². The van der Waals surface area contributed by atoms with E-state index in [0.717, 1.165) is 21.2 Å². The van der Waals surface area contributed by atoms with E-state index in [0.29, 0.717) is 35.6 Å². The van der Waals surface area contributed by atoms with Gasteiger partial charge in [-0.05, 0) is 41.8 Å². The van der Waals surface area contributed by atoms with Gasteiger partial charge in [0.2, 0.25) is 5.91 Å². The van der Waals surface area contributed by atoms with E-state index in [1.807, 2.05) is 36.4 Å². The molecular formula is C23H22N2O4S. The van der Waals surface area contributed by atoms with Gasteiger partial charge in [0.1, 0.15) is 5.00 Å². The van der Waals surface area contributed by atoms with Crippen LogP contribution in [0.25, 0.3) is 10.8 Å². The van der Waals surface area contributed by atoms with E-state index in [9.17, 15) is 14.4 Å². The summed E-state index contributed by atoms with van der Waals surface area (Å²) in [4.78, 5) is 40.0. The fourth-order valence-electron chi connectivity index (χ4n) is 3.69. The first kappa shape index (κ1) is 20.1. The molecule has 2 aromatic carbocycles. The van der Waals surface area contributed by atoms with Crippen molar-refractivity contribution in [1.29, 1.82) is 0 Å². The second kappa shape index (κ2) is 8.28. The second-order valence-electron chi connectivity index (χ2n) is 7.14. The topological polar surface area (TPSA) is 75.7 Å². The lowest BCUT2D eigenvalue weighted by atomic mass is 10.0. The molecule has 6 nitrogen and oxygen atoms in total. The first-order valence-electron chi connectivity index (χ1n) is 9.85. The molecule has 0 spiro atoms. The Bertz CT molecular complexity index is 1150. The van der Waals surface area contributed by atoms with E-state index in [1.165, 1.54) is 18.3 Å². The van der Waals surface area contributed by atoms with Crippen molar-refractivity contribution in [1.82, 2.24) is 4.90 Å². The quantitative estimate of drug-likeness (QED) is 0.639. The summed E-state index contributed by atoms with van der Waals surface area (Å²) in [7, 11) is 0. The molecule has 3 aromatic rings. The van der Waals surface area contributed by atoms with E-state index in [4.69, 9.17) is 4.74 Å². The molecule has 1 N–H and O–H groups in total. The molecule has 1 aliphatic heterocycles. The van der Waals surface area contributed by atoms with Gasteiger partial charge in [-0.1, -0.05) is 30.3 Å². The van der Waals surface area contributed by atoms with Crippen LogP contribution in [0.1, 0.15) is 45.0 Å². The monoisotopic (exact) mass is 422 g/mol. The largest absolute Gasteiger partial charge is 0.462 e. The molecule has 30 heavy (non-hydrogen) atoms. The molecule has 0 saturated carbocycles. The maximum absolute atomic E-state index is 13.0. The third-order valence-corrected chi connectivity index (χ3v) is 6.35. The molecule has 0 atom stereocenters. The normalized spacial score (nSPS) is 13.1. The number of amides is 2. The average Bonchev–Trinajstić information content (AvgIpc) is 3.10. The lowest BCUT2D eigenvalue weighted by Crippen LogP contribution is -2.34. The van der Waals surface area contributed by atoms with Crippen LogP contribution in [-0.2, 0) is 22.5 Å². The van der Waals surface area contributed by atoms with Crippen LogP contribution in [0.4, 0.5) is 5.00 Å². The zero-order valence-electron chi connectivity index (χ0n) is 16.9. The molecule has 0 unspecified atom stereocenters. The molecule has 1 aromatic heterocycles. The number of hydrogen-bond donors (Lipinski definition) is 1. The summed E-state index contributed by atoms with van der Waals surface area (Å²) in [6.45, 7) is 4.52. The number of carbonyl (C=O) groups excluding carboxylic acids is 3. The average molecular weight is 423 g/mol. The van der Waals surface area contributed by atoms with Gasteiger partial charge < -0.3 is 15.0 Å². The second-order valence-corrected chi connectivity index (χ2v) is 8.24. The van der Waals surface area contributed by atoms with E-state index < -0.39 is 5.97 Å². The van der Waals surface area contributed by atoms with Gasteiger partial charge >= 0.3 is 5.97 Å². The molecule has 2 amide bonds. The minimum Gasteiger partial charge on any atom is -0.462 e. The third-order valence-electron chi connectivity index (χ3n) is 5.22. The maximum Gasteiger partial charge on any atom is 0.341 e. The smallest absolute Gasteiger partial charge is 0.341 e. The number of nitrogens with one attached hydrogen (secondary N) is 1. The zero-order valence-corrected chi connectivity index (χ0v) is 17.7. The number of esters is 1. The van der Waals surface area contributed by atoms with Crippen molar-refractivity contribution in [2.45, 2.75) is 26.8 Å². The highest BCUT2D eigenvalue weighted by molar-refractivity contribution is 7.17. The number of thiophene rings is 1. The Morgan fingerprint density at radius 3 is 2.63 bits per heavy atom. The number of ether oxygens (including phenoxy) is 1. The SMILES string of the molecule is CCOC(=O)c1c(NC(=O)c2ccc3ccccc3c2)sc2c1CCN(C(C)=O)C2. The number of benzene rings is 2. The lowest BCUT2D eigenvalue weighted by molar-refractivity contribution is -0.129.